The molecule has 1 aliphatic heterocycles. The highest BCUT2D eigenvalue weighted by Crippen LogP contribution is 2.13. The third kappa shape index (κ3) is 5.06. The molecule has 0 saturated carbocycles. The first-order valence-electron chi connectivity index (χ1n) is 7.97. The average molecular weight is 302 g/mol. The molecule has 0 aromatic heterocycles. The number of hydrogen-bond acceptors (Lipinski definition) is 2. The van der Waals surface area contributed by atoms with E-state index in [9.17, 15) is 4.79 Å². The third-order valence-corrected chi connectivity index (χ3v) is 3.81. The zero-order valence-corrected chi connectivity index (χ0v) is 13.6. The van der Waals surface area contributed by atoms with E-state index in [1.807, 2.05) is 30.9 Å². The summed E-state index contributed by atoms with van der Waals surface area (Å²) in [6.45, 7) is 6.29. The van der Waals surface area contributed by atoms with Crippen molar-refractivity contribution in [2.75, 3.05) is 25.0 Å². The van der Waals surface area contributed by atoms with Gasteiger partial charge in [-0.05, 0) is 56.4 Å². The molecule has 1 aliphatic rings. The Morgan fingerprint density at radius 1 is 1.18 bits per heavy atom. The minimum absolute atomic E-state index is 0.183. The highest BCUT2D eigenvalue weighted by atomic mass is 16.2. The fourth-order valence-electron chi connectivity index (χ4n) is 2.81. The van der Waals surface area contributed by atoms with Crippen LogP contribution in [-0.2, 0) is 4.79 Å². The van der Waals surface area contributed by atoms with E-state index in [0.29, 0.717) is 18.9 Å². The molecule has 1 saturated heterocycles. The number of aryl methyl sites for hydroxylation is 2. The predicted molar refractivity (Wildman–Crippen MR) is 91.1 cm³/mol. The van der Waals surface area contributed by atoms with Crippen molar-refractivity contribution in [2.24, 2.45) is 10.7 Å². The fourth-order valence-corrected chi connectivity index (χ4v) is 2.81. The standard InChI is InChI=1S/C17H26N4O/c1-13-10-14(2)12-15(11-13)20-17(18)19-7-6-16(22)21-8-4-3-5-9-21/h10-12H,3-9H2,1-2H3,(H3,18,19,20). The Morgan fingerprint density at radius 3 is 2.45 bits per heavy atom. The lowest BCUT2D eigenvalue weighted by Crippen LogP contribution is -2.36. The smallest absolute Gasteiger partial charge is 0.224 e. The van der Waals surface area contributed by atoms with E-state index >= 15 is 0 Å². The first-order valence-corrected chi connectivity index (χ1v) is 7.97. The van der Waals surface area contributed by atoms with Crippen LogP contribution in [0.25, 0.3) is 0 Å². The van der Waals surface area contributed by atoms with Gasteiger partial charge in [0.05, 0.1) is 6.54 Å². The number of guanidine groups is 1. The Labute approximate surface area is 132 Å². The molecule has 3 N–H and O–H groups in total. The van der Waals surface area contributed by atoms with Gasteiger partial charge in [-0.25, -0.2) is 0 Å². The number of piperidine rings is 1. The molecule has 0 spiro atoms. The van der Waals surface area contributed by atoms with Crippen molar-refractivity contribution < 1.29 is 4.79 Å². The van der Waals surface area contributed by atoms with Crippen LogP contribution in [0.4, 0.5) is 5.69 Å². The van der Waals surface area contributed by atoms with Crippen molar-refractivity contribution in [1.82, 2.24) is 4.90 Å². The van der Waals surface area contributed by atoms with Crippen LogP contribution in [0.3, 0.4) is 0 Å². The molecular formula is C17H26N4O. The Kier molecular flexibility index (Phi) is 5.81. The monoisotopic (exact) mass is 302 g/mol. The second-order valence-electron chi connectivity index (χ2n) is 5.96. The van der Waals surface area contributed by atoms with Gasteiger partial charge in [0, 0.05) is 25.2 Å². The van der Waals surface area contributed by atoms with Gasteiger partial charge in [-0.2, -0.15) is 0 Å². The number of carbonyl (C=O) groups excluding carboxylic acids is 1. The quantitative estimate of drug-likeness (QED) is 0.663. The number of carbonyl (C=O) groups is 1. The molecule has 2 rings (SSSR count). The number of aliphatic imine (C=N–C) groups is 1. The van der Waals surface area contributed by atoms with Gasteiger partial charge in [0.2, 0.25) is 5.91 Å². The molecule has 1 aromatic carbocycles. The second kappa shape index (κ2) is 7.82. The third-order valence-electron chi connectivity index (χ3n) is 3.81. The van der Waals surface area contributed by atoms with Gasteiger partial charge in [-0.3, -0.25) is 9.79 Å². The number of benzene rings is 1. The minimum atomic E-state index is 0.183. The fraction of sp³-hybridized carbons (Fsp3) is 0.529. The largest absolute Gasteiger partial charge is 0.370 e. The molecule has 5 nitrogen and oxygen atoms in total. The molecule has 1 amide bonds. The molecule has 1 fully saturated rings. The molecule has 1 heterocycles. The summed E-state index contributed by atoms with van der Waals surface area (Å²) in [5.41, 5.74) is 9.17. The van der Waals surface area contributed by atoms with Crippen molar-refractivity contribution in [3.05, 3.63) is 29.3 Å². The number of nitrogens with zero attached hydrogens (tertiary/aromatic N) is 2. The second-order valence-corrected chi connectivity index (χ2v) is 5.96. The van der Waals surface area contributed by atoms with E-state index in [2.05, 4.69) is 16.4 Å². The van der Waals surface area contributed by atoms with Crippen molar-refractivity contribution >= 4 is 17.6 Å². The van der Waals surface area contributed by atoms with Crippen molar-refractivity contribution in [1.29, 1.82) is 0 Å². The van der Waals surface area contributed by atoms with E-state index in [1.165, 1.54) is 17.5 Å². The van der Waals surface area contributed by atoms with Gasteiger partial charge in [-0.1, -0.05) is 6.07 Å². The summed E-state index contributed by atoms with van der Waals surface area (Å²) in [6.07, 6.45) is 3.89. The van der Waals surface area contributed by atoms with Gasteiger partial charge in [-0.15, -0.1) is 0 Å². The SMILES string of the molecule is Cc1cc(C)cc(NC(N)=NCCC(=O)N2CCCCC2)c1. The van der Waals surface area contributed by atoms with Gasteiger partial charge in [0.1, 0.15) is 0 Å². The molecule has 0 atom stereocenters. The van der Waals surface area contributed by atoms with Crippen LogP contribution in [0.2, 0.25) is 0 Å². The first kappa shape index (κ1) is 16.3. The highest BCUT2D eigenvalue weighted by molar-refractivity contribution is 5.92. The molecule has 0 aliphatic carbocycles. The molecule has 120 valence electrons. The summed E-state index contributed by atoms with van der Waals surface area (Å²) < 4.78 is 0. The molecule has 0 radical (unpaired) electrons. The topological polar surface area (TPSA) is 70.7 Å². The molecule has 0 bridgehead atoms. The maximum atomic E-state index is 12.0. The maximum absolute atomic E-state index is 12.0. The van der Waals surface area contributed by atoms with Crippen LogP contribution in [-0.4, -0.2) is 36.4 Å². The number of nitrogens with two attached hydrogens (primary N) is 1. The van der Waals surface area contributed by atoms with E-state index < -0.39 is 0 Å². The van der Waals surface area contributed by atoms with Gasteiger partial charge >= 0.3 is 0 Å². The van der Waals surface area contributed by atoms with Crippen LogP contribution >= 0.6 is 0 Å². The number of amides is 1. The van der Waals surface area contributed by atoms with E-state index in [1.54, 1.807) is 0 Å². The number of rotatable bonds is 4. The normalized spacial score (nSPS) is 15.7. The number of likely N-dealkylation sites (tertiary alicyclic amines) is 1. The van der Waals surface area contributed by atoms with Gasteiger partial charge < -0.3 is 16.0 Å². The molecular weight excluding hydrogens is 276 g/mol. The minimum Gasteiger partial charge on any atom is -0.370 e. The highest BCUT2D eigenvalue weighted by Gasteiger charge is 2.15. The average Bonchev–Trinajstić information content (AvgIpc) is 2.47. The number of hydrogen-bond donors (Lipinski definition) is 2. The zero-order chi connectivity index (χ0) is 15.9. The van der Waals surface area contributed by atoms with Gasteiger partial charge in [0.25, 0.3) is 0 Å². The van der Waals surface area contributed by atoms with Crippen molar-refractivity contribution in [3.8, 4) is 0 Å². The summed E-state index contributed by atoms with van der Waals surface area (Å²) in [4.78, 5) is 18.2. The Balaban J connectivity index is 1.80. The van der Waals surface area contributed by atoms with Crippen LogP contribution in [0.15, 0.2) is 23.2 Å². The lowest BCUT2D eigenvalue weighted by Gasteiger charge is -2.26. The Hall–Kier alpha value is -2.04. The van der Waals surface area contributed by atoms with E-state index in [0.717, 1.165) is 31.6 Å². The molecule has 22 heavy (non-hydrogen) atoms. The van der Waals surface area contributed by atoms with Crippen LogP contribution < -0.4 is 11.1 Å². The molecule has 1 aromatic rings. The first-order chi connectivity index (χ1) is 10.5. The zero-order valence-electron chi connectivity index (χ0n) is 13.6. The van der Waals surface area contributed by atoms with Crippen molar-refractivity contribution in [3.63, 3.8) is 0 Å². The van der Waals surface area contributed by atoms with Gasteiger partial charge in [0.15, 0.2) is 5.96 Å². The lowest BCUT2D eigenvalue weighted by molar-refractivity contribution is -0.131. The maximum Gasteiger partial charge on any atom is 0.224 e. The lowest BCUT2D eigenvalue weighted by atomic mass is 10.1. The summed E-state index contributed by atoms with van der Waals surface area (Å²) in [7, 11) is 0. The summed E-state index contributed by atoms with van der Waals surface area (Å²) in [6, 6.07) is 6.15. The molecule has 5 heteroatoms. The van der Waals surface area contributed by atoms with Crippen LogP contribution in [0, 0.1) is 13.8 Å². The Bertz CT molecular complexity index is 527. The summed E-state index contributed by atoms with van der Waals surface area (Å²) in [5, 5.41) is 3.08. The summed E-state index contributed by atoms with van der Waals surface area (Å²) in [5.74, 6) is 0.541. The predicted octanol–water partition coefficient (Wildman–Crippen LogP) is 2.43. The summed E-state index contributed by atoms with van der Waals surface area (Å²) >= 11 is 0. The van der Waals surface area contributed by atoms with Crippen LogP contribution in [0.1, 0.15) is 36.8 Å². The number of nitrogens with one attached hydrogen (secondary N) is 1. The molecule has 0 unspecified atom stereocenters. The van der Waals surface area contributed by atoms with E-state index in [-0.39, 0.29) is 5.91 Å². The van der Waals surface area contributed by atoms with Crippen molar-refractivity contribution in [2.45, 2.75) is 39.5 Å². The Morgan fingerprint density at radius 2 is 1.82 bits per heavy atom. The van der Waals surface area contributed by atoms with E-state index in [4.69, 9.17) is 5.73 Å². The van der Waals surface area contributed by atoms with Crippen LogP contribution in [0.5, 0.6) is 0 Å². The number of anilines is 1.